The highest BCUT2D eigenvalue weighted by Gasteiger charge is 2.33. The second-order valence-corrected chi connectivity index (χ2v) is 12.7. The van der Waals surface area contributed by atoms with Crippen molar-refractivity contribution >= 4 is 0 Å². The number of rotatable bonds is 10. The van der Waals surface area contributed by atoms with Crippen molar-refractivity contribution in [1.29, 1.82) is 0 Å². The second kappa shape index (κ2) is 20.5. The Labute approximate surface area is 242 Å². The average molecular weight is 543 g/mol. The van der Waals surface area contributed by atoms with Crippen molar-refractivity contribution < 1.29 is 14.2 Å². The van der Waals surface area contributed by atoms with Crippen molar-refractivity contribution in [2.45, 2.75) is 167 Å². The molecule has 3 aliphatic rings. The van der Waals surface area contributed by atoms with Gasteiger partial charge in [0.1, 0.15) is 0 Å². The van der Waals surface area contributed by atoms with Crippen LogP contribution in [0.5, 0.6) is 0 Å². The van der Waals surface area contributed by atoms with Crippen LogP contribution >= 0.6 is 0 Å². The number of hydrogen-bond donors (Lipinski definition) is 0. The lowest BCUT2D eigenvalue weighted by molar-refractivity contribution is -0.0343. The van der Waals surface area contributed by atoms with E-state index in [4.69, 9.17) is 14.2 Å². The summed E-state index contributed by atoms with van der Waals surface area (Å²) in [6.45, 7) is 4.38. The van der Waals surface area contributed by atoms with E-state index in [9.17, 15) is 0 Å². The maximum Gasteiger partial charge on any atom is 0.0998 e. The fraction of sp³-hybridized carbons (Fsp3) is 0.833. The Balaban J connectivity index is 1.68. The van der Waals surface area contributed by atoms with Crippen molar-refractivity contribution in [2.24, 2.45) is 5.41 Å². The minimum Gasteiger partial charge on any atom is -0.497 e. The maximum absolute atomic E-state index is 6.68. The molecule has 0 atom stereocenters. The summed E-state index contributed by atoms with van der Waals surface area (Å²) >= 11 is 0. The van der Waals surface area contributed by atoms with E-state index in [-0.39, 0.29) is 5.41 Å². The summed E-state index contributed by atoms with van der Waals surface area (Å²) in [7, 11) is 0. The van der Waals surface area contributed by atoms with Crippen LogP contribution in [-0.2, 0) is 14.2 Å². The van der Waals surface area contributed by atoms with Gasteiger partial charge < -0.3 is 14.2 Å². The quantitative estimate of drug-likeness (QED) is 0.275. The minimum absolute atomic E-state index is 0.136. The van der Waals surface area contributed by atoms with E-state index in [1.54, 1.807) is 0 Å². The molecule has 0 heterocycles. The van der Waals surface area contributed by atoms with Crippen LogP contribution in [0.15, 0.2) is 35.5 Å². The molecule has 3 nitrogen and oxygen atoms in total. The van der Waals surface area contributed by atoms with Gasteiger partial charge in [-0.1, -0.05) is 84.0 Å². The van der Waals surface area contributed by atoms with Gasteiger partial charge in [-0.05, 0) is 82.4 Å². The van der Waals surface area contributed by atoms with Gasteiger partial charge in [-0.25, -0.2) is 0 Å². The smallest absolute Gasteiger partial charge is 0.0998 e. The molecule has 39 heavy (non-hydrogen) atoms. The fourth-order valence-electron chi connectivity index (χ4n) is 6.11. The second-order valence-electron chi connectivity index (χ2n) is 12.7. The van der Waals surface area contributed by atoms with Crippen molar-refractivity contribution in [3.63, 3.8) is 0 Å². The lowest BCUT2D eigenvalue weighted by atomic mass is 9.87. The van der Waals surface area contributed by atoms with Crippen LogP contribution in [0, 0.1) is 5.41 Å². The van der Waals surface area contributed by atoms with Crippen LogP contribution in [-0.4, -0.2) is 19.8 Å². The first kappa shape index (κ1) is 32.1. The van der Waals surface area contributed by atoms with Gasteiger partial charge in [0.25, 0.3) is 0 Å². The van der Waals surface area contributed by atoms with Gasteiger partial charge in [-0.3, -0.25) is 0 Å². The molecule has 0 saturated carbocycles. The molecule has 3 rings (SSSR count). The molecule has 0 fully saturated rings. The van der Waals surface area contributed by atoms with E-state index in [0.717, 1.165) is 44.9 Å². The molecule has 0 bridgehead atoms. The highest BCUT2D eigenvalue weighted by atomic mass is 16.5. The van der Waals surface area contributed by atoms with Crippen LogP contribution in [0.4, 0.5) is 0 Å². The maximum atomic E-state index is 6.68. The van der Waals surface area contributed by atoms with Gasteiger partial charge in [0.2, 0.25) is 0 Å². The molecule has 0 unspecified atom stereocenters. The number of ether oxygens (including phenoxy) is 3. The van der Waals surface area contributed by atoms with E-state index in [2.05, 4.69) is 25.2 Å². The predicted molar refractivity (Wildman–Crippen MR) is 166 cm³/mol. The van der Waals surface area contributed by atoms with Crippen LogP contribution in [0.1, 0.15) is 167 Å². The van der Waals surface area contributed by atoms with Crippen LogP contribution in [0.3, 0.4) is 0 Å². The molecule has 0 aromatic rings. The normalized spacial score (nSPS) is 25.9. The predicted octanol–water partition coefficient (Wildman–Crippen LogP) is 11.5. The summed E-state index contributed by atoms with van der Waals surface area (Å²) in [5, 5.41) is 0. The van der Waals surface area contributed by atoms with E-state index in [0.29, 0.717) is 19.8 Å². The first-order valence-electron chi connectivity index (χ1n) is 17.3. The number of allylic oxidation sites excluding steroid dienone is 6. The summed E-state index contributed by atoms with van der Waals surface area (Å²) in [6, 6.07) is 0. The zero-order valence-corrected chi connectivity index (χ0v) is 25.8. The molecule has 0 N–H and O–H groups in total. The van der Waals surface area contributed by atoms with E-state index >= 15 is 0 Å². The molecule has 0 aromatic heterocycles. The van der Waals surface area contributed by atoms with Crippen molar-refractivity contribution in [3.8, 4) is 0 Å². The third kappa shape index (κ3) is 14.2. The zero-order chi connectivity index (χ0) is 27.3. The fourth-order valence-corrected chi connectivity index (χ4v) is 6.11. The van der Waals surface area contributed by atoms with Gasteiger partial charge in [0.05, 0.1) is 42.5 Å². The standard InChI is InChI=1S/C36H62O3/c1-2-36(30-37-33-24-18-12-6-3-7-13-19-25-33,31-38-34-26-20-14-8-4-9-15-21-27-34)32-39-35-28-22-16-10-5-11-17-23-29-35/h24,26,28H,2-23,25,27,29-32H2,1H3/b33-24+,34-26+,35-28+. The van der Waals surface area contributed by atoms with Crippen LogP contribution in [0.25, 0.3) is 0 Å². The molecule has 0 spiro atoms. The van der Waals surface area contributed by atoms with Gasteiger partial charge in [-0.15, -0.1) is 0 Å². The molecule has 0 saturated heterocycles. The molecule has 0 aliphatic heterocycles. The largest absolute Gasteiger partial charge is 0.497 e. The lowest BCUT2D eigenvalue weighted by Crippen LogP contribution is -2.36. The van der Waals surface area contributed by atoms with Crippen LogP contribution < -0.4 is 0 Å². The topological polar surface area (TPSA) is 27.7 Å². The monoisotopic (exact) mass is 542 g/mol. The van der Waals surface area contributed by atoms with Gasteiger partial charge in [0.15, 0.2) is 0 Å². The SMILES string of the molecule is CCC(CO/C1=C/CCCCCCCC1)(CO/C1=C/CCCCCCCC1)CO/C1=C/CCCCCCCC1. The molecule has 224 valence electrons. The molecule has 0 amide bonds. The summed E-state index contributed by atoms with van der Waals surface area (Å²) in [6.07, 6.45) is 38.8. The Hall–Kier alpha value is -1.38. The third-order valence-electron chi connectivity index (χ3n) is 9.19. The summed E-state index contributed by atoms with van der Waals surface area (Å²) in [5.41, 5.74) is -0.136. The highest BCUT2D eigenvalue weighted by Crippen LogP contribution is 2.31. The third-order valence-corrected chi connectivity index (χ3v) is 9.19. The van der Waals surface area contributed by atoms with E-state index < -0.39 is 0 Å². The lowest BCUT2D eigenvalue weighted by Gasteiger charge is -2.34. The van der Waals surface area contributed by atoms with Crippen molar-refractivity contribution in [3.05, 3.63) is 35.5 Å². The van der Waals surface area contributed by atoms with Gasteiger partial charge >= 0.3 is 0 Å². The molecule has 0 aromatic carbocycles. The van der Waals surface area contributed by atoms with Gasteiger partial charge in [-0.2, -0.15) is 0 Å². The average Bonchev–Trinajstić information content (AvgIpc) is 2.98. The zero-order valence-electron chi connectivity index (χ0n) is 25.8. The molecular formula is C36H62O3. The molecule has 3 heteroatoms. The molecular weight excluding hydrogens is 480 g/mol. The van der Waals surface area contributed by atoms with Crippen LogP contribution in [0.2, 0.25) is 0 Å². The first-order valence-corrected chi connectivity index (χ1v) is 17.3. The van der Waals surface area contributed by atoms with E-state index in [1.807, 2.05) is 0 Å². The summed E-state index contributed by atoms with van der Waals surface area (Å²) < 4.78 is 20.0. The Kier molecular flexibility index (Phi) is 16.9. The Morgan fingerprint density at radius 3 is 1.03 bits per heavy atom. The first-order chi connectivity index (χ1) is 19.3. The minimum atomic E-state index is -0.136. The number of hydrogen-bond acceptors (Lipinski definition) is 3. The summed E-state index contributed by atoms with van der Waals surface area (Å²) in [4.78, 5) is 0. The highest BCUT2D eigenvalue weighted by molar-refractivity contribution is 4.99. The van der Waals surface area contributed by atoms with Crippen molar-refractivity contribution in [2.75, 3.05) is 19.8 Å². The van der Waals surface area contributed by atoms with Gasteiger partial charge in [0, 0.05) is 19.3 Å². The summed E-state index contributed by atoms with van der Waals surface area (Å²) in [5.74, 6) is 3.64. The van der Waals surface area contributed by atoms with Crippen molar-refractivity contribution in [1.82, 2.24) is 0 Å². The molecule has 3 aliphatic carbocycles. The molecule has 0 radical (unpaired) electrons. The van der Waals surface area contributed by atoms with E-state index in [1.165, 1.54) is 133 Å². The Morgan fingerprint density at radius 1 is 0.436 bits per heavy atom. The Bertz CT molecular complexity index is 626. The Morgan fingerprint density at radius 2 is 0.718 bits per heavy atom.